The van der Waals surface area contributed by atoms with Gasteiger partial charge >= 0.3 is 21.7 Å². The van der Waals surface area contributed by atoms with Gasteiger partial charge in [-0.3, -0.25) is 0 Å². The zero-order valence-electron chi connectivity index (χ0n) is 19.2. The Morgan fingerprint density at radius 2 is 0.875 bits per heavy atom. The Kier molecular flexibility index (Phi) is 6.67. The van der Waals surface area contributed by atoms with Crippen LogP contribution in [-0.4, -0.2) is 8.07 Å². The van der Waals surface area contributed by atoms with E-state index in [1.165, 1.54) is 53.5 Å². The van der Waals surface area contributed by atoms with Gasteiger partial charge in [-0.1, -0.05) is 85.9 Å². The van der Waals surface area contributed by atoms with E-state index in [9.17, 15) is 0 Å². The van der Waals surface area contributed by atoms with Crippen LogP contribution in [0.5, 0.6) is 0 Å². The molecule has 0 unspecified atom stereocenters. The number of hydrogen-bond acceptors (Lipinski definition) is 0. The number of rotatable bonds is 2. The maximum Gasteiger partial charge on any atom is 4.00 e. The van der Waals surface area contributed by atoms with Crippen LogP contribution in [0.15, 0.2) is 97.1 Å². The molecule has 0 radical (unpaired) electrons. The minimum Gasteiger partial charge on any atom is -0.358 e. The van der Waals surface area contributed by atoms with E-state index in [-0.39, 0.29) is 36.6 Å². The minimum absolute atomic E-state index is 0. The van der Waals surface area contributed by atoms with E-state index < -0.39 is 8.07 Å². The molecule has 0 heterocycles. The predicted octanol–water partition coefficient (Wildman–Crippen LogP) is 7.46. The summed E-state index contributed by atoms with van der Waals surface area (Å²) in [4.78, 5) is 0. The van der Waals surface area contributed by atoms with Crippen molar-refractivity contribution in [3.05, 3.63) is 112 Å². The molecule has 6 aromatic carbocycles. The van der Waals surface area contributed by atoms with Gasteiger partial charge in [-0.25, -0.2) is 0 Å². The molecular formula is C30H28SiTi. The average Bonchev–Trinajstić information content (AvgIpc) is 3.31. The first-order valence-electron chi connectivity index (χ1n) is 10.3. The van der Waals surface area contributed by atoms with Crippen molar-refractivity contribution in [2.75, 3.05) is 0 Å². The molecule has 0 nitrogen and oxygen atoms in total. The van der Waals surface area contributed by atoms with Gasteiger partial charge < -0.3 is 14.9 Å². The largest absolute Gasteiger partial charge is 4.00 e. The maximum atomic E-state index is 2.51. The summed E-state index contributed by atoms with van der Waals surface area (Å²) < 4.78 is 0. The van der Waals surface area contributed by atoms with Gasteiger partial charge in [-0.05, 0) is 0 Å². The molecule has 0 aliphatic heterocycles. The topological polar surface area (TPSA) is 0 Å². The average molecular weight is 465 g/mol. The van der Waals surface area contributed by atoms with E-state index in [0.29, 0.717) is 0 Å². The van der Waals surface area contributed by atoms with Crippen LogP contribution in [-0.2, 0) is 21.7 Å². The first kappa shape index (κ1) is 24.2. The Bertz CT molecular complexity index is 1420. The van der Waals surface area contributed by atoms with E-state index in [1.54, 1.807) is 0 Å². The molecule has 0 amide bonds. The summed E-state index contributed by atoms with van der Waals surface area (Å²) in [6.45, 7) is 5.01. The second-order valence-electron chi connectivity index (χ2n) is 8.62. The van der Waals surface area contributed by atoms with Crippen molar-refractivity contribution >= 4 is 61.5 Å². The van der Waals surface area contributed by atoms with Crippen molar-refractivity contribution in [3.63, 3.8) is 0 Å². The minimum atomic E-state index is -1.91. The van der Waals surface area contributed by atoms with Gasteiger partial charge in [-0.15, -0.1) is 77.7 Å². The summed E-state index contributed by atoms with van der Waals surface area (Å²) in [5.41, 5.74) is 0. The molecule has 32 heavy (non-hydrogen) atoms. The molecule has 0 fully saturated rings. The van der Waals surface area contributed by atoms with Gasteiger partial charge in [0.15, 0.2) is 0 Å². The Labute approximate surface area is 207 Å². The van der Waals surface area contributed by atoms with E-state index in [4.69, 9.17) is 0 Å². The van der Waals surface area contributed by atoms with Crippen molar-refractivity contribution in [1.29, 1.82) is 0 Å². The Balaban J connectivity index is 0.000000963. The smallest absolute Gasteiger partial charge is 0.358 e. The summed E-state index contributed by atoms with van der Waals surface area (Å²) in [5.74, 6) is 0. The third-order valence-corrected chi connectivity index (χ3v) is 10.2. The molecule has 2 heteroatoms. The van der Waals surface area contributed by atoms with Crippen molar-refractivity contribution in [3.8, 4) is 0 Å². The molecule has 156 valence electrons. The molecule has 0 aromatic heterocycles. The second-order valence-corrected chi connectivity index (χ2v) is 12.9. The number of fused-ring (bicyclic) bond motifs is 6. The summed E-state index contributed by atoms with van der Waals surface area (Å²) in [5, 5.41) is 14.1. The maximum absolute atomic E-state index is 2.51. The van der Waals surface area contributed by atoms with Crippen molar-refractivity contribution in [2.45, 2.75) is 13.1 Å². The molecule has 0 saturated heterocycles. The third-order valence-electron chi connectivity index (χ3n) is 6.66. The summed E-state index contributed by atoms with van der Waals surface area (Å²) in [6, 6.07) is 36.1. The Morgan fingerprint density at radius 1 is 0.500 bits per heavy atom. The van der Waals surface area contributed by atoms with Crippen molar-refractivity contribution in [2.24, 2.45) is 0 Å². The van der Waals surface area contributed by atoms with Crippen LogP contribution in [0, 0.1) is 14.9 Å². The third kappa shape index (κ3) is 3.40. The summed E-state index contributed by atoms with van der Waals surface area (Å²) in [7, 11) is -1.91. The van der Waals surface area contributed by atoms with Crippen LogP contribution < -0.4 is 10.4 Å². The fraction of sp³-hybridized carbons (Fsp3) is 0.0667. The van der Waals surface area contributed by atoms with Gasteiger partial charge in [0.05, 0.1) is 0 Å². The van der Waals surface area contributed by atoms with Gasteiger partial charge in [0.1, 0.15) is 0 Å². The van der Waals surface area contributed by atoms with E-state index in [0.717, 1.165) is 0 Å². The standard InChI is InChI=1S/C28H22Si.2CH3.Ti/c1-29(2,27-15-7-13-23-21-11-5-3-9-19(21)17-25(23)27)28-16-8-14-24-22-12-6-4-10-20(22)18-26(24)28;;;/h3-18H,1-2H3;2*1H3;/q-2;2*-1;+4. The van der Waals surface area contributed by atoms with Gasteiger partial charge in [0.25, 0.3) is 0 Å². The van der Waals surface area contributed by atoms with Gasteiger partial charge in [-0.2, -0.15) is 0 Å². The number of benzene rings is 4. The number of hydrogen-bond donors (Lipinski definition) is 0. The molecule has 0 N–H and O–H groups in total. The molecule has 0 aliphatic carbocycles. The summed E-state index contributed by atoms with van der Waals surface area (Å²) >= 11 is 0. The SMILES string of the molecule is C[Si](C)(c1cccc2c1[cH-]c1ccccc12)c1cccc2c1[cH-]c1ccccc12.[CH3-].[CH3-].[Ti+4]. The molecule has 0 aliphatic rings. The normalized spacial score (nSPS) is 11.3. The molecule has 0 saturated carbocycles. The predicted molar refractivity (Wildman–Crippen MR) is 144 cm³/mol. The second kappa shape index (κ2) is 8.83. The zero-order chi connectivity index (χ0) is 19.6. The molecule has 6 aromatic rings. The van der Waals surface area contributed by atoms with Crippen LogP contribution in [0.1, 0.15) is 0 Å². The van der Waals surface area contributed by atoms with Gasteiger partial charge in [0, 0.05) is 8.07 Å². The van der Waals surface area contributed by atoms with Crippen LogP contribution in [0.4, 0.5) is 0 Å². The molecule has 0 spiro atoms. The zero-order valence-corrected chi connectivity index (χ0v) is 21.8. The molecular weight excluding hydrogens is 436 g/mol. The first-order chi connectivity index (χ1) is 14.1. The molecule has 0 bridgehead atoms. The van der Waals surface area contributed by atoms with Crippen molar-refractivity contribution < 1.29 is 21.7 Å². The summed E-state index contributed by atoms with van der Waals surface area (Å²) in [6.07, 6.45) is 0. The van der Waals surface area contributed by atoms with E-state index in [2.05, 4.69) is 110 Å². The first-order valence-corrected chi connectivity index (χ1v) is 13.3. The quantitative estimate of drug-likeness (QED) is 0.184. The molecule has 0 atom stereocenters. The van der Waals surface area contributed by atoms with Crippen LogP contribution in [0.2, 0.25) is 13.1 Å². The van der Waals surface area contributed by atoms with E-state index >= 15 is 0 Å². The van der Waals surface area contributed by atoms with Crippen molar-refractivity contribution in [1.82, 2.24) is 0 Å². The fourth-order valence-corrected chi connectivity index (χ4v) is 8.27. The van der Waals surface area contributed by atoms with Crippen LogP contribution in [0.25, 0.3) is 43.1 Å². The Hall–Kier alpha value is -2.45. The molecule has 6 rings (SSSR count). The van der Waals surface area contributed by atoms with Crippen LogP contribution in [0.3, 0.4) is 0 Å². The Morgan fingerprint density at radius 3 is 1.31 bits per heavy atom. The fourth-order valence-electron chi connectivity index (χ4n) is 5.19. The van der Waals surface area contributed by atoms with Crippen LogP contribution >= 0.6 is 0 Å². The van der Waals surface area contributed by atoms with E-state index in [1.807, 2.05) is 0 Å². The van der Waals surface area contributed by atoms with Gasteiger partial charge in [0.2, 0.25) is 0 Å². The monoisotopic (exact) mass is 464 g/mol.